The van der Waals surface area contributed by atoms with E-state index in [9.17, 15) is 4.39 Å². The van der Waals surface area contributed by atoms with E-state index in [0.717, 1.165) is 36.3 Å². The van der Waals surface area contributed by atoms with Crippen LogP contribution in [0, 0.1) is 5.82 Å². The number of rotatable bonds is 7. The smallest absolute Gasteiger partial charge is 0.127 e. The molecule has 4 heteroatoms. The maximum Gasteiger partial charge on any atom is 0.127 e. The summed E-state index contributed by atoms with van der Waals surface area (Å²) in [7, 11) is 1.98. The van der Waals surface area contributed by atoms with Gasteiger partial charge in [-0.15, -0.1) is 0 Å². The predicted octanol–water partition coefficient (Wildman–Crippen LogP) is 3.16. The summed E-state index contributed by atoms with van der Waals surface area (Å²) in [5.41, 5.74) is 2.93. The van der Waals surface area contributed by atoms with E-state index in [4.69, 9.17) is 4.42 Å². The Morgan fingerprint density at radius 2 is 2.05 bits per heavy atom. The minimum Gasteiger partial charge on any atom is -0.472 e. The molecule has 0 fully saturated rings. The third-order valence-corrected chi connectivity index (χ3v) is 3.16. The molecule has 1 heterocycles. The molecule has 1 aromatic heterocycles. The summed E-state index contributed by atoms with van der Waals surface area (Å²) in [6.07, 6.45) is 3.37. The molecule has 0 aliphatic heterocycles. The van der Waals surface area contributed by atoms with Crippen molar-refractivity contribution in [3.05, 3.63) is 59.3 Å². The second-order valence-electron chi connectivity index (χ2n) is 5.01. The van der Waals surface area contributed by atoms with Crippen LogP contribution in [-0.4, -0.2) is 18.5 Å². The molecule has 0 saturated carbocycles. The van der Waals surface area contributed by atoms with Crippen molar-refractivity contribution >= 4 is 0 Å². The molecule has 0 atom stereocenters. The fourth-order valence-corrected chi connectivity index (χ4v) is 2.17. The van der Waals surface area contributed by atoms with Crippen LogP contribution in [0.25, 0.3) is 0 Å². The van der Waals surface area contributed by atoms with Crippen molar-refractivity contribution in [1.29, 1.82) is 0 Å². The summed E-state index contributed by atoms with van der Waals surface area (Å²) in [6, 6.07) is 7.24. The highest BCUT2D eigenvalue weighted by Crippen LogP contribution is 2.14. The molecule has 0 amide bonds. The molecule has 3 nitrogen and oxygen atoms in total. The summed E-state index contributed by atoms with van der Waals surface area (Å²) >= 11 is 0. The van der Waals surface area contributed by atoms with Crippen LogP contribution >= 0.6 is 0 Å². The van der Waals surface area contributed by atoms with Crippen molar-refractivity contribution in [3.8, 4) is 0 Å². The molecule has 0 bridgehead atoms. The maximum absolute atomic E-state index is 13.9. The first-order valence-electron chi connectivity index (χ1n) is 6.86. The summed E-state index contributed by atoms with van der Waals surface area (Å²) in [6.45, 7) is 5.07. The Bertz CT molecular complexity index is 525. The first kappa shape index (κ1) is 14.8. The van der Waals surface area contributed by atoms with Gasteiger partial charge in [-0.1, -0.05) is 19.1 Å². The first-order chi connectivity index (χ1) is 9.69. The van der Waals surface area contributed by atoms with Gasteiger partial charge < -0.3 is 9.73 Å². The lowest BCUT2D eigenvalue weighted by molar-refractivity contribution is 0.312. The monoisotopic (exact) mass is 276 g/mol. The standard InChI is InChI=1S/C16H21FN2O/c1-3-18-9-13-4-5-16(17)15(8-13)11-19(2)10-14-6-7-20-12-14/h4-8,12,18H,3,9-11H2,1-2H3. The van der Waals surface area contributed by atoms with Gasteiger partial charge in [-0.3, -0.25) is 4.90 Å². The Morgan fingerprint density at radius 1 is 1.20 bits per heavy atom. The van der Waals surface area contributed by atoms with E-state index in [1.165, 1.54) is 0 Å². The second kappa shape index (κ2) is 7.22. The summed E-state index contributed by atoms with van der Waals surface area (Å²) in [5, 5.41) is 3.25. The lowest BCUT2D eigenvalue weighted by Gasteiger charge is -2.17. The van der Waals surface area contributed by atoms with Crippen LogP contribution in [0.5, 0.6) is 0 Å². The third-order valence-electron chi connectivity index (χ3n) is 3.16. The van der Waals surface area contributed by atoms with Crippen molar-refractivity contribution in [1.82, 2.24) is 10.2 Å². The van der Waals surface area contributed by atoms with Gasteiger partial charge in [0.15, 0.2) is 0 Å². The molecule has 2 aromatic rings. The van der Waals surface area contributed by atoms with E-state index in [1.54, 1.807) is 18.6 Å². The van der Waals surface area contributed by atoms with E-state index in [-0.39, 0.29) is 5.82 Å². The number of nitrogens with zero attached hydrogens (tertiary/aromatic N) is 1. The number of halogens is 1. The Balaban J connectivity index is 2.00. The van der Waals surface area contributed by atoms with E-state index in [2.05, 4.69) is 17.1 Å². The number of benzene rings is 1. The van der Waals surface area contributed by atoms with Gasteiger partial charge in [0.1, 0.15) is 5.82 Å². The van der Waals surface area contributed by atoms with Gasteiger partial charge in [-0.2, -0.15) is 0 Å². The van der Waals surface area contributed by atoms with E-state index >= 15 is 0 Å². The van der Waals surface area contributed by atoms with Crippen molar-refractivity contribution in [2.24, 2.45) is 0 Å². The zero-order valence-corrected chi connectivity index (χ0v) is 12.0. The molecule has 1 N–H and O–H groups in total. The van der Waals surface area contributed by atoms with Crippen LogP contribution in [-0.2, 0) is 19.6 Å². The van der Waals surface area contributed by atoms with Gasteiger partial charge in [0.05, 0.1) is 12.5 Å². The highest BCUT2D eigenvalue weighted by Gasteiger charge is 2.08. The Hall–Kier alpha value is -1.65. The van der Waals surface area contributed by atoms with Crippen LogP contribution < -0.4 is 5.32 Å². The van der Waals surface area contributed by atoms with Crippen LogP contribution in [0.15, 0.2) is 41.2 Å². The van der Waals surface area contributed by atoms with Crippen molar-refractivity contribution < 1.29 is 8.81 Å². The van der Waals surface area contributed by atoms with E-state index < -0.39 is 0 Å². The molecular weight excluding hydrogens is 255 g/mol. The second-order valence-corrected chi connectivity index (χ2v) is 5.01. The van der Waals surface area contributed by atoms with Crippen LogP contribution in [0.1, 0.15) is 23.6 Å². The van der Waals surface area contributed by atoms with Crippen LogP contribution in [0.3, 0.4) is 0 Å². The maximum atomic E-state index is 13.9. The number of nitrogens with one attached hydrogen (secondary N) is 1. The average Bonchev–Trinajstić information content (AvgIpc) is 2.92. The molecule has 2 rings (SSSR count). The summed E-state index contributed by atoms with van der Waals surface area (Å²) in [4.78, 5) is 2.07. The Morgan fingerprint density at radius 3 is 2.75 bits per heavy atom. The summed E-state index contributed by atoms with van der Waals surface area (Å²) in [5.74, 6) is -0.149. The van der Waals surface area contributed by atoms with Gasteiger partial charge in [0, 0.05) is 30.8 Å². The third kappa shape index (κ3) is 4.18. The number of furan rings is 1. The Kier molecular flexibility index (Phi) is 5.32. The molecule has 0 aliphatic carbocycles. The molecule has 0 spiro atoms. The molecule has 0 unspecified atom stereocenters. The lowest BCUT2D eigenvalue weighted by atomic mass is 10.1. The molecule has 20 heavy (non-hydrogen) atoms. The SMILES string of the molecule is CCNCc1ccc(F)c(CN(C)Cc2ccoc2)c1. The fourth-order valence-electron chi connectivity index (χ4n) is 2.17. The number of hydrogen-bond donors (Lipinski definition) is 1. The van der Waals surface area contributed by atoms with Gasteiger partial charge in [-0.05, 0) is 31.3 Å². The van der Waals surface area contributed by atoms with Gasteiger partial charge in [0.2, 0.25) is 0 Å². The van der Waals surface area contributed by atoms with E-state index in [1.807, 2.05) is 25.2 Å². The largest absolute Gasteiger partial charge is 0.472 e. The van der Waals surface area contributed by atoms with Crippen molar-refractivity contribution in [2.45, 2.75) is 26.6 Å². The predicted molar refractivity (Wildman–Crippen MR) is 77.7 cm³/mol. The molecule has 0 aliphatic rings. The topological polar surface area (TPSA) is 28.4 Å². The quantitative estimate of drug-likeness (QED) is 0.842. The highest BCUT2D eigenvalue weighted by molar-refractivity contribution is 5.25. The minimum atomic E-state index is -0.149. The molecule has 0 saturated heterocycles. The first-order valence-corrected chi connectivity index (χ1v) is 6.86. The lowest BCUT2D eigenvalue weighted by Crippen LogP contribution is -2.18. The molecule has 0 radical (unpaired) electrons. The summed E-state index contributed by atoms with van der Waals surface area (Å²) < 4.78 is 18.9. The van der Waals surface area contributed by atoms with Gasteiger partial charge >= 0.3 is 0 Å². The van der Waals surface area contributed by atoms with Crippen LogP contribution in [0.2, 0.25) is 0 Å². The minimum absolute atomic E-state index is 0.149. The highest BCUT2D eigenvalue weighted by atomic mass is 19.1. The molecule has 1 aromatic carbocycles. The zero-order chi connectivity index (χ0) is 14.4. The fraction of sp³-hybridized carbons (Fsp3) is 0.375. The van der Waals surface area contributed by atoms with Crippen molar-refractivity contribution in [3.63, 3.8) is 0 Å². The normalized spacial score (nSPS) is 11.2. The van der Waals surface area contributed by atoms with Crippen molar-refractivity contribution in [2.75, 3.05) is 13.6 Å². The molecule has 108 valence electrons. The van der Waals surface area contributed by atoms with E-state index in [0.29, 0.717) is 6.54 Å². The van der Waals surface area contributed by atoms with Gasteiger partial charge in [-0.25, -0.2) is 4.39 Å². The van der Waals surface area contributed by atoms with Gasteiger partial charge in [0.25, 0.3) is 0 Å². The number of hydrogen-bond acceptors (Lipinski definition) is 3. The zero-order valence-electron chi connectivity index (χ0n) is 12.0. The molecular formula is C16H21FN2O. The average molecular weight is 276 g/mol. The van der Waals surface area contributed by atoms with Crippen LogP contribution in [0.4, 0.5) is 4.39 Å². The Labute approximate surface area is 119 Å².